The van der Waals surface area contributed by atoms with E-state index in [9.17, 15) is 24.5 Å². The van der Waals surface area contributed by atoms with Crippen molar-refractivity contribution in [3.05, 3.63) is 69.2 Å². The van der Waals surface area contributed by atoms with Crippen LogP contribution in [0.15, 0.2) is 48.5 Å². The first-order valence-electron chi connectivity index (χ1n) is 7.84. The first kappa shape index (κ1) is 20.1. The van der Waals surface area contributed by atoms with Crippen LogP contribution in [-0.4, -0.2) is 29.2 Å². The highest BCUT2D eigenvalue weighted by Gasteiger charge is 2.12. The van der Waals surface area contributed by atoms with Gasteiger partial charge >= 0.3 is 5.97 Å². The number of amides is 1. The molecule has 0 aliphatic rings. The van der Waals surface area contributed by atoms with Crippen molar-refractivity contribution in [1.82, 2.24) is 0 Å². The van der Waals surface area contributed by atoms with Gasteiger partial charge in [0.05, 0.1) is 11.3 Å². The molecule has 0 saturated heterocycles. The number of non-ortho nitro benzene ring substituents is 1. The predicted octanol–water partition coefficient (Wildman–Crippen LogP) is 3.39. The summed E-state index contributed by atoms with van der Waals surface area (Å²) >= 11 is 5.74. The molecule has 0 aliphatic carbocycles. The Morgan fingerprint density at radius 3 is 2.22 bits per heavy atom. The van der Waals surface area contributed by atoms with Crippen molar-refractivity contribution in [1.29, 1.82) is 0 Å². The van der Waals surface area contributed by atoms with E-state index in [-0.39, 0.29) is 24.3 Å². The Hall–Kier alpha value is -3.26. The molecule has 0 saturated carbocycles. The summed E-state index contributed by atoms with van der Waals surface area (Å²) in [6, 6.07) is 11.5. The van der Waals surface area contributed by atoms with Crippen molar-refractivity contribution in [3.63, 3.8) is 0 Å². The number of carbonyl (C=O) groups is 3. The van der Waals surface area contributed by atoms with E-state index in [0.29, 0.717) is 16.3 Å². The fourth-order valence-electron chi connectivity index (χ4n) is 2.08. The van der Waals surface area contributed by atoms with Crippen LogP contribution in [-0.2, 0) is 14.3 Å². The van der Waals surface area contributed by atoms with E-state index in [4.69, 9.17) is 16.3 Å². The monoisotopic (exact) mass is 390 g/mol. The quantitative estimate of drug-likeness (QED) is 0.319. The number of nitrogens with zero attached hydrogens (tertiary/aromatic N) is 1. The highest BCUT2D eigenvalue weighted by molar-refractivity contribution is 6.30. The maximum Gasteiger partial charge on any atom is 0.306 e. The molecule has 0 aliphatic heterocycles. The number of carbonyl (C=O) groups excluding carboxylic acids is 3. The molecule has 1 amide bonds. The number of ketones is 1. The van der Waals surface area contributed by atoms with Crippen LogP contribution < -0.4 is 5.32 Å². The number of esters is 1. The molecular formula is C18H15ClN2O6. The van der Waals surface area contributed by atoms with Gasteiger partial charge in [0, 0.05) is 34.8 Å². The minimum Gasteiger partial charge on any atom is -0.456 e. The second-order valence-electron chi connectivity index (χ2n) is 5.44. The second-order valence-corrected chi connectivity index (χ2v) is 5.88. The predicted molar refractivity (Wildman–Crippen MR) is 97.7 cm³/mol. The van der Waals surface area contributed by atoms with E-state index in [1.54, 1.807) is 24.3 Å². The number of Topliss-reactive ketones (excluding diaryl/α,β-unsaturated/α-hetero) is 1. The third-order valence-corrected chi connectivity index (χ3v) is 3.70. The average Bonchev–Trinajstić information content (AvgIpc) is 2.65. The van der Waals surface area contributed by atoms with Crippen molar-refractivity contribution in [2.45, 2.75) is 12.8 Å². The lowest BCUT2D eigenvalue weighted by atomic mass is 10.1. The van der Waals surface area contributed by atoms with Crippen LogP contribution in [0.4, 0.5) is 11.4 Å². The molecule has 27 heavy (non-hydrogen) atoms. The van der Waals surface area contributed by atoms with Gasteiger partial charge in [0.15, 0.2) is 12.4 Å². The van der Waals surface area contributed by atoms with Gasteiger partial charge in [-0.25, -0.2) is 0 Å². The van der Waals surface area contributed by atoms with Gasteiger partial charge in [-0.2, -0.15) is 0 Å². The van der Waals surface area contributed by atoms with E-state index in [1.165, 1.54) is 24.3 Å². The molecule has 0 aromatic heterocycles. The summed E-state index contributed by atoms with van der Waals surface area (Å²) in [6.07, 6.45) is -0.212. The number of hydrogen-bond acceptors (Lipinski definition) is 6. The molecule has 2 aromatic rings. The maximum absolute atomic E-state index is 11.9. The number of nitro groups is 1. The number of ether oxygens (including phenoxy) is 1. The number of hydrogen-bond donors (Lipinski definition) is 1. The minimum atomic E-state index is -0.684. The Bertz CT molecular complexity index is 849. The molecule has 1 N–H and O–H groups in total. The number of rotatable bonds is 8. The van der Waals surface area contributed by atoms with Crippen LogP contribution in [0.25, 0.3) is 0 Å². The molecule has 2 rings (SSSR count). The molecule has 9 heteroatoms. The Morgan fingerprint density at radius 2 is 1.63 bits per heavy atom. The molecule has 140 valence electrons. The molecule has 0 bridgehead atoms. The summed E-state index contributed by atoms with van der Waals surface area (Å²) in [5.41, 5.74) is 0.660. The van der Waals surface area contributed by atoms with Crippen LogP contribution in [0.1, 0.15) is 23.2 Å². The lowest BCUT2D eigenvalue weighted by molar-refractivity contribution is -0.384. The number of halogens is 1. The highest BCUT2D eigenvalue weighted by Crippen LogP contribution is 2.15. The fraction of sp³-hybridized carbons (Fsp3) is 0.167. The summed E-state index contributed by atoms with van der Waals surface area (Å²) in [5.74, 6) is -1.52. The van der Waals surface area contributed by atoms with Crippen LogP contribution in [0.5, 0.6) is 0 Å². The molecule has 8 nitrogen and oxygen atoms in total. The van der Waals surface area contributed by atoms with Gasteiger partial charge in [-0.15, -0.1) is 0 Å². The van der Waals surface area contributed by atoms with Crippen LogP contribution in [0, 0.1) is 10.1 Å². The van der Waals surface area contributed by atoms with E-state index in [2.05, 4.69) is 5.32 Å². The Labute approximate surface area is 159 Å². The first-order valence-corrected chi connectivity index (χ1v) is 8.21. The summed E-state index contributed by atoms with van der Waals surface area (Å²) in [4.78, 5) is 45.3. The van der Waals surface area contributed by atoms with Gasteiger partial charge in [-0.1, -0.05) is 11.6 Å². The summed E-state index contributed by atoms with van der Waals surface area (Å²) in [6.45, 7) is -0.523. The van der Waals surface area contributed by atoms with E-state index in [0.717, 1.165) is 0 Å². The van der Waals surface area contributed by atoms with Crippen LogP contribution >= 0.6 is 11.6 Å². The van der Waals surface area contributed by atoms with Crippen LogP contribution in [0.2, 0.25) is 5.02 Å². The third-order valence-electron chi connectivity index (χ3n) is 3.45. The smallest absolute Gasteiger partial charge is 0.306 e. The topological polar surface area (TPSA) is 116 Å². The normalized spacial score (nSPS) is 10.1. The fourth-order valence-corrected chi connectivity index (χ4v) is 2.20. The van der Waals surface area contributed by atoms with E-state index >= 15 is 0 Å². The zero-order valence-electron chi connectivity index (χ0n) is 14.0. The lowest BCUT2D eigenvalue weighted by Crippen LogP contribution is -2.21. The lowest BCUT2D eigenvalue weighted by Gasteiger charge is -2.06. The van der Waals surface area contributed by atoms with Gasteiger partial charge in [0.1, 0.15) is 0 Å². The number of nitrogens with one attached hydrogen (secondary N) is 1. The van der Waals surface area contributed by atoms with Crippen molar-refractivity contribution < 1.29 is 24.0 Å². The SMILES string of the molecule is O=C(COC(=O)CCC(=O)c1ccc(Cl)cc1)Nc1ccc([N+](=O)[O-])cc1. The minimum absolute atomic E-state index is 0.0512. The van der Waals surface area contributed by atoms with Crippen molar-refractivity contribution in [2.75, 3.05) is 11.9 Å². The molecule has 0 heterocycles. The summed E-state index contributed by atoms with van der Waals surface area (Å²) in [5, 5.41) is 13.5. The number of anilines is 1. The second kappa shape index (κ2) is 9.44. The van der Waals surface area contributed by atoms with Crippen molar-refractivity contribution >= 4 is 40.6 Å². The molecule has 0 fully saturated rings. The molecule has 0 radical (unpaired) electrons. The maximum atomic E-state index is 11.9. The third kappa shape index (κ3) is 6.52. The largest absolute Gasteiger partial charge is 0.456 e. The van der Waals surface area contributed by atoms with Gasteiger partial charge in [0.25, 0.3) is 11.6 Å². The molecule has 2 aromatic carbocycles. The van der Waals surface area contributed by atoms with Gasteiger partial charge in [0.2, 0.25) is 0 Å². The van der Waals surface area contributed by atoms with Crippen LogP contribution in [0.3, 0.4) is 0 Å². The van der Waals surface area contributed by atoms with E-state index in [1.807, 2.05) is 0 Å². The van der Waals surface area contributed by atoms with Gasteiger partial charge in [-0.05, 0) is 36.4 Å². The van der Waals surface area contributed by atoms with Gasteiger partial charge in [-0.3, -0.25) is 24.5 Å². The summed E-state index contributed by atoms with van der Waals surface area (Å²) in [7, 11) is 0. The number of nitro benzene ring substituents is 1. The molecule has 0 atom stereocenters. The standard InChI is InChI=1S/C18H15ClN2O6/c19-13-3-1-12(2-4-13)16(22)9-10-18(24)27-11-17(23)20-14-5-7-15(8-6-14)21(25)26/h1-8H,9-11H2,(H,20,23). The average molecular weight is 391 g/mol. The van der Waals surface area contributed by atoms with Crippen molar-refractivity contribution in [2.24, 2.45) is 0 Å². The van der Waals surface area contributed by atoms with Gasteiger partial charge < -0.3 is 10.1 Å². The van der Waals surface area contributed by atoms with Crippen molar-refractivity contribution in [3.8, 4) is 0 Å². The zero-order valence-corrected chi connectivity index (χ0v) is 14.8. The Kier molecular flexibility index (Phi) is 7.01. The molecular weight excluding hydrogens is 376 g/mol. The van der Waals surface area contributed by atoms with E-state index < -0.39 is 23.4 Å². The molecule has 0 spiro atoms. The first-order chi connectivity index (χ1) is 12.8. The summed E-state index contributed by atoms with van der Waals surface area (Å²) < 4.78 is 4.81. The number of benzene rings is 2. The highest BCUT2D eigenvalue weighted by atomic mass is 35.5. The Balaban J connectivity index is 1.72. The molecule has 0 unspecified atom stereocenters. The Morgan fingerprint density at radius 1 is 1.00 bits per heavy atom. The zero-order chi connectivity index (χ0) is 19.8.